The lowest BCUT2D eigenvalue weighted by Crippen LogP contribution is -2.25. The Balaban J connectivity index is 2.38. The molecule has 0 amide bonds. The maximum absolute atomic E-state index is 12.8. The summed E-state index contributed by atoms with van der Waals surface area (Å²) in [6.45, 7) is 9.21. The lowest BCUT2D eigenvalue weighted by Gasteiger charge is -2.32. The van der Waals surface area contributed by atoms with Gasteiger partial charge in [-0.15, -0.1) is 0 Å². The first-order valence-electron chi connectivity index (χ1n) is 6.55. The Kier molecular flexibility index (Phi) is 3.31. The van der Waals surface area contributed by atoms with Gasteiger partial charge in [0, 0.05) is 18.2 Å². The lowest BCUT2D eigenvalue weighted by atomic mass is 9.72. The summed E-state index contributed by atoms with van der Waals surface area (Å²) in [5.74, 6) is 0.446. The van der Waals surface area contributed by atoms with E-state index in [1.807, 2.05) is 0 Å². The molecule has 1 heterocycles. The largest absolute Gasteiger partial charge is 0.416 e. The number of anilines is 1. The monoisotopic (exact) mass is 271 g/mol. The van der Waals surface area contributed by atoms with Crippen molar-refractivity contribution in [3.63, 3.8) is 0 Å². The van der Waals surface area contributed by atoms with E-state index in [1.165, 1.54) is 6.07 Å². The van der Waals surface area contributed by atoms with E-state index < -0.39 is 11.7 Å². The molecular weight excluding hydrogens is 251 g/mol. The van der Waals surface area contributed by atoms with Crippen molar-refractivity contribution in [2.75, 3.05) is 11.9 Å². The number of hydrogen-bond acceptors (Lipinski definition) is 1. The summed E-state index contributed by atoms with van der Waals surface area (Å²) in [6.07, 6.45) is -4.27. The number of hydrogen-bond donors (Lipinski definition) is 1. The SMILES string of the molecule is CC(C1CNc2ccc(C(F)(F)F)cc21)C(C)(C)C. The van der Waals surface area contributed by atoms with E-state index in [4.69, 9.17) is 0 Å². The number of fused-ring (bicyclic) bond motifs is 1. The quantitative estimate of drug-likeness (QED) is 0.766. The van der Waals surface area contributed by atoms with Crippen molar-refractivity contribution in [1.29, 1.82) is 0 Å². The van der Waals surface area contributed by atoms with Gasteiger partial charge in [0.2, 0.25) is 0 Å². The maximum Gasteiger partial charge on any atom is 0.416 e. The highest BCUT2D eigenvalue weighted by molar-refractivity contribution is 5.59. The van der Waals surface area contributed by atoms with Gasteiger partial charge in [-0.2, -0.15) is 13.2 Å². The summed E-state index contributed by atoms with van der Waals surface area (Å²) in [6, 6.07) is 4.01. The molecule has 0 spiro atoms. The minimum atomic E-state index is -4.27. The molecule has 0 radical (unpaired) electrons. The Morgan fingerprint density at radius 2 is 1.84 bits per heavy atom. The molecule has 2 unspecified atom stereocenters. The maximum atomic E-state index is 12.8. The van der Waals surface area contributed by atoms with Crippen molar-refractivity contribution in [2.24, 2.45) is 11.3 Å². The summed E-state index contributed by atoms with van der Waals surface area (Å²) >= 11 is 0. The highest BCUT2D eigenvalue weighted by Gasteiger charge is 2.37. The molecule has 1 aliphatic rings. The van der Waals surface area contributed by atoms with Crippen molar-refractivity contribution in [3.05, 3.63) is 29.3 Å². The van der Waals surface area contributed by atoms with Gasteiger partial charge in [-0.05, 0) is 35.1 Å². The van der Waals surface area contributed by atoms with Gasteiger partial charge in [-0.3, -0.25) is 0 Å². The topological polar surface area (TPSA) is 12.0 Å². The van der Waals surface area contributed by atoms with Gasteiger partial charge in [0.15, 0.2) is 0 Å². The first kappa shape index (κ1) is 14.2. The lowest BCUT2D eigenvalue weighted by molar-refractivity contribution is -0.137. The van der Waals surface area contributed by atoms with E-state index in [1.54, 1.807) is 6.07 Å². The zero-order valence-corrected chi connectivity index (χ0v) is 11.7. The van der Waals surface area contributed by atoms with E-state index in [2.05, 4.69) is 33.0 Å². The van der Waals surface area contributed by atoms with Crippen molar-refractivity contribution >= 4 is 5.69 Å². The van der Waals surface area contributed by atoms with Crippen LogP contribution in [0.5, 0.6) is 0 Å². The molecule has 1 aromatic rings. The van der Waals surface area contributed by atoms with Crippen LogP contribution in [-0.4, -0.2) is 6.54 Å². The molecule has 2 atom stereocenters. The van der Waals surface area contributed by atoms with Gasteiger partial charge in [0.25, 0.3) is 0 Å². The average Bonchev–Trinajstić information content (AvgIpc) is 2.67. The number of nitrogens with one attached hydrogen (secondary N) is 1. The number of benzene rings is 1. The van der Waals surface area contributed by atoms with Gasteiger partial charge < -0.3 is 5.32 Å². The van der Waals surface area contributed by atoms with E-state index in [0.29, 0.717) is 5.92 Å². The Bertz CT molecular complexity index is 471. The molecule has 1 N–H and O–H groups in total. The van der Waals surface area contributed by atoms with E-state index in [0.717, 1.165) is 23.9 Å². The first-order chi connectivity index (χ1) is 8.60. The fourth-order valence-electron chi connectivity index (χ4n) is 2.59. The number of halogens is 3. The summed E-state index contributed by atoms with van der Waals surface area (Å²) in [5.41, 5.74) is 1.16. The molecule has 4 heteroatoms. The highest BCUT2D eigenvalue weighted by atomic mass is 19.4. The summed E-state index contributed by atoms with van der Waals surface area (Å²) in [7, 11) is 0. The van der Waals surface area contributed by atoms with E-state index in [-0.39, 0.29) is 11.3 Å². The van der Waals surface area contributed by atoms with Gasteiger partial charge in [-0.1, -0.05) is 27.7 Å². The molecule has 0 fully saturated rings. The van der Waals surface area contributed by atoms with Crippen molar-refractivity contribution in [2.45, 2.75) is 39.8 Å². The van der Waals surface area contributed by atoms with E-state index in [9.17, 15) is 13.2 Å². The standard InChI is InChI=1S/C15H20F3N/c1-9(14(2,3)4)12-8-19-13-6-5-10(7-11(12)13)15(16,17)18/h5-7,9,12,19H,8H2,1-4H3. The predicted octanol–water partition coefficient (Wildman–Crippen LogP) is 4.90. The molecular formula is C15H20F3N. The third kappa shape index (κ3) is 2.72. The van der Waals surface area contributed by atoms with Crippen LogP contribution < -0.4 is 5.32 Å². The number of alkyl halides is 3. The van der Waals surface area contributed by atoms with E-state index >= 15 is 0 Å². The van der Waals surface area contributed by atoms with Crippen molar-refractivity contribution < 1.29 is 13.2 Å². The third-order valence-electron chi connectivity index (χ3n) is 4.26. The number of rotatable bonds is 1. The molecule has 106 valence electrons. The summed E-state index contributed by atoms with van der Waals surface area (Å²) in [4.78, 5) is 0. The molecule has 1 aromatic carbocycles. The molecule has 0 aliphatic carbocycles. The summed E-state index contributed by atoms with van der Waals surface area (Å²) < 4.78 is 38.4. The van der Waals surface area contributed by atoms with Crippen LogP contribution >= 0.6 is 0 Å². The van der Waals surface area contributed by atoms with Gasteiger partial charge in [-0.25, -0.2) is 0 Å². The normalized spacial score (nSPS) is 20.9. The Morgan fingerprint density at radius 3 is 2.37 bits per heavy atom. The molecule has 0 bridgehead atoms. The minimum Gasteiger partial charge on any atom is -0.384 e. The predicted molar refractivity (Wildman–Crippen MR) is 71.3 cm³/mol. The summed E-state index contributed by atoms with van der Waals surface area (Å²) in [5, 5.41) is 3.21. The molecule has 19 heavy (non-hydrogen) atoms. The second-order valence-corrected chi connectivity index (χ2v) is 6.44. The minimum absolute atomic E-state index is 0.0716. The molecule has 0 aromatic heterocycles. The highest BCUT2D eigenvalue weighted by Crippen LogP contribution is 2.45. The Hall–Kier alpha value is -1.19. The van der Waals surface area contributed by atoms with Crippen LogP contribution in [0.15, 0.2) is 18.2 Å². The van der Waals surface area contributed by atoms with Gasteiger partial charge in [0.05, 0.1) is 5.56 Å². The zero-order valence-electron chi connectivity index (χ0n) is 11.7. The van der Waals surface area contributed by atoms with Gasteiger partial charge >= 0.3 is 6.18 Å². The first-order valence-corrected chi connectivity index (χ1v) is 6.55. The van der Waals surface area contributed by atoms with Crippen molar-refractivity contribution in [1.82, 2.24) is 0 Å². The van der Waals surface area contributed by atoms with Crippen LogP contribution in [0.3, 0.4) is 0 Å². The van der Waals surface area contributed by atoms with Crippen LogP contribution in [0, 0.1) is 11.3 Å². The fourth-order valence-corrected chi connectivity index (χ4v) is 2.59. The molecule has 0 saturated heterocycles. The fraction of sp³-hybridized carbons (Fsp3) is 0.600. The van der Waals surface area contributed by atoms with Crippen LogP contribution in [0.2, 0.25) is 0 Å². The second kappa shape index (κ2) is 4.43. The Labute approximate surface area is 112 Å². The van der Waals surface area contributed by atoms with Gasteiger partial charge in [0.1, 0.15) is 0 Å². The van der Waals surface area contributed by atoms with Crippen LogP contribution in [-0.2, 0) is 6.18 Å². The van der Waals surface area contributed by atoms with Crippen molar-refractivity contribution in [3.8, 4) is 0 Å². The zero-order chi connectivity index (χ0) is 14.4. The smallest absolute Gasteiger partial charge is 0.384 e. The molecule has 2 rings (SSSR count). The van der Waals surface area contributed by atoms with Crippen LogP contribution in [0.1, 0.15) is 44.7 Å². The average molecular weight is 271 g/mol. The Morgan fingerprint density at radius 1 is 1.21 bits per heavy atom. The molecule has 1 aliphatic heterocycles. The molecule has 0 saturated carbocycles. The third-order valence-corrected chi connectivity index (χ3v) is 4.26. The van der Waals surface area contributed by atoms with Crippen LogP contribution in [0.25, 0.3) is 0 Å². The van der Waals surface area contributed by atoms with Crippen LogP contribution in [0.4, 0.5) is 18.9 Å². The molecule has 1 nitrogen and oxygen atoms in total. The second-order valence-electron chi connectivity index (χ2n) is 6.44.